The first kappa shape index (κ1) is 14.3. The van der Waals surface area contributed by atoms with Crippen LogP contribution in [0.5, 0.6) is 0 Å². The van der Waals surface area contributed by atoms with Crippen molar-refractivity contribution in [2.45, 2.75) is 12.7 Å². The minimum atomic E-state index is -4.40. The van der Waals surface area contributed by atoms with Crippen LogP contribution in [0.15, 0.2) is 48.7 Å². The van der Waals surface area contributed by atoms with Gasteiger partial charge in [-0.05, 0) is 29.8 Å². The number of benzene rings is 2. The molecule has 112 valence electrons. The van der Waals surface area contributed by atoms with Gasteiger partial charge in [0.1, 0.15) is 6.29 Å². The van der Waals surface area contributed by atoms with Gasteiger partial charge in [-0.2, -0.15) is 18.3 Å². The van der Waals surface area contributed by atoms with Crippen LogP contribution >= 0.6 is 0 Å². The quantitative estimate of drug-likeness (QED) is 0.688. The molecule has 0 aliphatic rings. The highest BCUT2D eigenvalue weighted by Crippen LogP contribution is 2.32. The highest BCUT2D eigenvalue weighted by molar-refractivity contribution is 5.86. The number of aromatic nitrogens is 2. The number of nitrogens with zero attached hydrogens (tertiary/aromatic N) is 2. The summed E-state index contributed by atoms with van der Waals surface area (Å²) in [7, 11) is 0. The number of hydrogen-bond donors (Lipinski definition) is 0. The zero-order chi connectivity index (χ0) is 15.7. The molecule has 0 radical (unpaired) electrons. The lowest BCUT2D eigenvalue weighted by Crippen LogP contribution is -2.12. The molecule has 3 aromatic rings. The third-order valence-electron chi connectivity index (χ3n) is 3.44. The highest BCUT2D eigenvalue weighted by Gasteiger charge is 2.32. The van der Waals surface area contributed by atoms with Crippen LogP contribution in [0.4, 0.5) is 13.2 Å². The van der Waals surface area contributed by atoms with Crippen molar-refractivity contribution in [3.05, 3.63) is 65.4 Å². The molecule has 0 amide bonds. The van der Waals surface area contributed by atoms with Gasteiger partial charge >= 0.3 is 6.18 Å². The van der Waals surface area contributed by atoms with Gasteiger partial charge in [0.25, 0.3) is 0 Å². The van der Waals surface area contributed by atoms with E-state index in [-0.39, 0.29) is 12.1 Å². The van der Waals surface area contributed by atoms with Gasteiger partial charge in [-0.3, -0.25) is 9.48 Å². The molecule has 0 N–H and O–H groups in total. The molecule has 0 fully saturated rings. The summed E-state index contributed by atoms with van der Waals surface area (Å²) >= 11 is 0. The second kappa shape index (κ2) is 5.29. The first-order valence-corrected chi connectivity index (χ1v) is 6.55. The van der Waals surface area contributed by atoms with E-state index in [4.69, 9.17) is 0 Å². The summed E-state index contributed by atoms with van der Waals surface area (Å²) in [4.78, 5) is 10.8. The zero-order valence-electron chi connectivity index (χ0n) is 11.3. The van der Waals surface area contributed by atoms with Gasteiger partial charge in [-0.25, -0.2) is 0 Å². The predicted molar refractivity (Wildman–Crippen MR) is 75.7 cm³/mol. The van der Waals surface area contributed by atoms with Gasteiger partial charge in [0.2, 0.25) is 0 Å². The summed E-state index contributed by atoms with van der Waals surface area (Å²) in [6.07, 6.45) is -2.14. The van der Waals surface area contributed by atoms with Crippen molar-refractivity contribution in [2.24, 2.45) is 0 Å². The van der Waals surface area contributed by atoms with E-state index < -0.39 is 11.7 Å². The van der Waals surface area contributed by atoms with Gasteiger partial charge in [0.05, 0.1) is 23.8 Å². The van der Waals surface area contributed by atoms with Gasteiger partial charge in [0.15, 0.2) is 0 Å². The van der Waals surface area contributed by atoms with Crippen LogP contribution in [-0.2, 0) is 12.7 Å². The molecular weight excluding hydrogens is 293 g/mol. The standard InChI is InChI=1S/C16H11F3N2O/c17-16(18,19)14-4-2-1-3-12(14)9-21-15-6-5-11(10-22)7-13(15)8-20-21/h1-8,10H,9H2. The predicted octanol–water partition coefficient (Wildman–Crippen LogP) is 3.92. The summed E-state index contributed by atoms with van der Waals surface area (Å²) in [5.41, 5.74) is 0.674. The van der Waals surface area contributed by atoms with Crippen molar-refractivity contribution in [2.75, 3.05) is 0 Å². The molecule has 0 saturated heterocycles. The lowest BCUT2D eigenvalue weighted by Gasteiger charge is -2.13. The number of carbonyl (C=O) groups excluding carboxylic acids is 1. The molecule has 0 unspecified atom stereocenters. The monoisotopic (exact) mass is 304 g/mol. The fourth-order valence-corrected chi connectivity index (χ4v) is 2.40. The normalized spacial score (nSPS) is 11.8. The first-order chi connectivity index (χ1) is 10.5. The number of rotatable bonds is 3. The van der Waals surface area contributed by atoms with Crippen molar-refractivity contribution >= 4 is 17.2 Å². The molecule has 2 aromatic carbocycles. The van der Waals surface area contributed by atoms with Gasteiger partial charge in [-0.1, -0.05) is 18.2 Å². The Morgan fingerprint density at radius 3 is 2.64 bits per heavy atom. The van der Waals surface area contributed by atoms with Crippen LogP contribution in [0, 0.1) is 0 Å². The molecule has 1 aromatic heterocycles. The molecule has 3 rings (SSSR count). The van der Waals surface area contributed by atoms with E-state index in [0.717, 1.165) is 12.4 Å². The summed E-state index contributed by atoms with van der Waals surface area (Å²) in [6.45, 7) is 0.0135. The topological polar surface area (TPSA) is 34.9 Å². The molecule has 22 heavy (non-hydrogen) atoms. The molecule has 0 atom stereocenters. The Hall–Kier alpha value is -2.63. The molecule has 6 heteroatoms. The second-order valence-electron chi connectivity index (χ2n) is 4.89. The Labute approximate surface area is 124 Å². The summed E-state index contributed by atoms with van der Waals surface area (Å²) < 4.78 is 40.6. The van der Waals surface area contributed by atoms with Crippen LogP contribution in [0.1, 0.15) is 21.5 Å². The van der Waals surface area contributed by atoms with Crippen molar-refractivity contribution in [1.82, 2.24) is 9.78 Å². The lowest BCUT2D eigenvalue weighted by molar-refractivity contribution is -0.138. The van der Waals surface area contributed by atoms with Crippen molar-refractivity contribution in [3.8, 4) is 0 Å². The third kappa shape index (κ3) is 2.59. The minimum absolute atomic E-state index is 0.0135. The number of aldehydes is 1. The van der Waals surface area contributed by atoms with Crippen molar-refractivity contribution < 1.29 is 18.0 Å². The number of carbonyl (C=O) groups is 1. The third-order valence-corrected chi connectivity index (χ3v) is 3.44. The average Bonchev–Trinajstić information content (AvgIpc) is 2.89. The van der Waals surface area contributed by atoms with E-state index in [2.05, 4.69) is 5.10 Å². The number of halogens is 3. The molecule has 0 saturated carbocycles. The Bertz CT molecular complexity index is 837. The van der Waals surface area contributed by atoms with Crippen LogP contribution in [0.25, 0.3) is 10.9 Å². The Balaban J connectivity index is 2.03. The maximum atomic E-state index is 13.0. The van der Waals surface area contributed by atoms with E-state index in [1.165, 1.54) is 16.8 Å². The zero-order valence-corrected chi connectivity index (χ0v) is 11.3. The van der Waals surface area contributed by atoms with E-state index in [1.807, 2.05) is 0 Å². The molecule has 3 nitrogen and oxygen atoms in total. The SMILES string of the molecule is O=Cc1ccc2c(cnn2Cc2ccccc2C(F)(F)F)c1. The maximum absolute atomic E-state index is 13.0. The van der Waals surface area contributed by atoms with E-state index >= 15 is 0 Å². The fourth-order valence-electron chi connectivity index (χ4n) is 2.40. The summed E-state index contributed by atoms with van der Waals surface area (Å²) in [6, 6.07) is 10.4. The number of alkyl halides is 3. The van der Waals surface area contributed by atoms with E-state index in [1.54, 1.807) is 30.5 Å². The largest absolute Gasteiger partial charge is 0.416 e. The second-order valence-corrected chi connectivity index (χ2v) is 4.89. The van der Waals surface area contributed by atoms with E-state index in [0.29, 0.717) is 16.5 Å². The summed E-state index contributed by atoms with van der Waals surface area (Å²) in [5.74, 6) is 0. The average molecular weight is 304 g/mol. The minimum Gasteiger partial charge on any atom is -0.298 e. The Kier molecular flexibility index (Phi) is 3.44. The Morgan fingerprint density at radius 1 is 1.14 bits per heavy atom. The molecule has 0 bridgehead atoms. The maximum Gasteiger partial charge on any atom is 0.416 e. The van der Waals surface area contributed by atoms with Gasteiger partial charge < -0.3 is 0 Å². The number of fused-ring (bicyclic) bond motifs is 1. The van der Waals surface area contributed by atoms with E-state index in [9.17, 15) is 18.0 Å². The Morgan fingerprint density at radius 2 is 1.91 bits per heavy atom. The number of hydrogen-bond acceptors (Lipinski definition) is 2. The molecule has 1 heterocycles. The van der Waals surface area contributed by atoms with Crippen molar-refractivity contribution in [3.63, 3.8) is 0 Å². The van der Waals surface area contributed by atoms with Crippen LogP contribution in [0.3, 0.4) is 0 Å². The first-order valence-electron chi connectivity index (χ1n) is 6.55. The molecule has 0 aliphatic heterocycles. The van der Waals surface area contributed by atoms with Crippen molar-refractivity contribution in [1.29, 1.82) is 0 Å². The lowest BCUT2D eigenvalue weighted by atomic mass is 10.1. The van der Waals surface area contributed by atoms with Gasteiger partial charge in [-0.15, -0.1) is 0 Å². The van der Waals surface area contributed by atoms with Crippen LogP contribution in [0.2, 0.25) is 0 Å². The van der Waals surface area contributed by atoms with Crippen LogP contribution < -0.4 is 0 Å². The highest BCUT2D eigenvalue weighted by atomic mass is 19.4. The molecule has 0 spiro atoms. The van der Waals surface area contributed by atoms with Crippen LogP contribution in [-0.4, -0.2) is 16.1 Å². The molecule has 0 aliphatic carbocycles. The summed E-state index contributed by atoms with van der Waals surface area (Å²) in [5, 5.41) is 4.84. The smallest absolute Gasteiger partial charge is 0.298 e. The fraction of sp³-hybridized carbons (Fsp3) is 0.125. The van der Waals surface area contributed by atoms with Gasteiger partial charge in [0, 0.05) is 10.9 Å². The molecular formula is C16H11F3N2O.